The van der Waals surface area contributed by atoms with Gasteiger partial charge in [-0.1, -0.05) is 30.3 Å². The van der Waals surface area contributed by atoms with Crippen LogP contribution in [0.15, 0.2) is 48.5 Å². The summed E-state index contributed by atoms with van der Waals surface area (Å²) in [6.07, 6.45) is 0. The Bertz CT molecular complexity index is 731. The molecule has 2 aromatic carbocycles. The number of nitrogens with one attached hydrogen (secondary N) is 1. The van der Waals surface area contributed by atoms with Crippen LogP contribution in [0.3, 0.4) is 0 Å². The van der Waals surface area contributed by atoms with Crippen molar-refractivity contribution in [2.24, 2.45) is 0 Å². The zero-order valence-electron chi connectivity index (χ0n) is 15.0. The quantitative estimate of drug-likeness (QED) is 0.890. The summed E-state index contributed by atoms with van der Waals surface area (Å²) in [5.41, 5.74) is 1.77. The fourth-order valence-corrected chi connectivity index (χ4v) is 3.02. The number of hydrogen-bond donors (Lipinski definition) is 1. The van der Waals surface area contributed by atoms with Gasteiger partial charge in [-0.15, -0.1) is 0 Å². The lowest BCUT2D eigenvalue weighted by Gasteiger charge is -2.34. The minimum absolute atomic E-state index is 0.183. The van der Waals surface area contributed by atoms with Crippen LogP contribution < -0.4 is 10.1 Å². The minimum atomic E-state index is -0.388. The van der Waals surface area contributed by atoms with Gasteiger partial charge in [-0.25, -0.2) is 9.18 Å². The number of rotatable bonds is 5. The van der Waals surface area contributed by atoms with E-state index in [2.05, 4.69) is 22.3 Å². The summed E-state index contributed by atoms with van der Waals surface area (Å²) < 4.78 is 18.8. The molecule has 2 aromatic rings. The van der Waals surface area contributed by atoms with E-state index < -0.39 is 0 Å². The van der Waals surface area contributed by atoms with Crippen molar-refractivity contribution in [3.8, 4) is 5.75 Å². The van der Waals surface area contributed by atoms with Crippen molar-refractivity contribution < 1.29 is 13.9 Å². The molecule has 6 heteroatoms. The molecule has 0 radical (unpaired) electrons. The highest BCUT2D eigenvalue weighted by Gasteiger charge is 2.22. The van der Waals surface area contributed by atoms with Crippen molar-refractivity contribution in [1.29, 1.82) is 0 Å². The maximum atomic E-state index is 13.4. The molecular formula is C20H24FN3O2. The highest BCUT2D eigenvalue weighted by atomic mass is 19.1. The second kappa shape index (κ2) is 8.67. The molecule has 0 saturated carbocycles. The number of carbonyl (C=O) groups excluding carboxylic acids is 1. The van der Waals surface area contributed by atoms with Gasteiger partial charge in [-0.3, -0.25) is 4.90 Å². The second-order valence-electron chi connectivity index (χ2n) is 6.25. The topological polar surface area (TPSA) is 44.8 Å². The Hall–Kier alpha value is -2.60. The van der Waals surface area contributed by atoms with E-state index in [9.17, 15) is 9.18 Å². The highest BCUT2D eigenvalue weighted by molar-refractivity contribution is 5.91. The molecule has 2 amide bonds. The van der Waals surface area contributed by atoms with Crippen LogP contribution in [0.1, 0.15) is 12.5 Å². The molecule has 0 unspecified atom stereocenters. The molecule has 1 fully saturated rings. The summed E-state index contributed by atoms with van der Waals surface area (Å²) >= 11 is 0. The van der Waals surface area contributed by atoms with E-state index in [1.807, 2.05) is 25.1 Å². The van der Waals surface area contributed by atoms with Crippen molar-refractivity contribution in [1.82, 2.24) is 9.80 Å². The van der Waals surface area contributed by atoms with Crippen molar-refractivity contribution in [2.45, 2.75) is 13.5 Å². The van der Waals surface area contributed by atoms with Gasteiger partial charge in [0.25, 0.3) is 0 Å². The van der Waals surface area contributed by atoms with E-state index >= 15 is 0 Å². The first-order valence-electron chi connectivity index (χ1n) is 8.90. The largest absolute Gasteiger partial charge is 0.492 e. The van der Waals surface area contributed by atoms with Gasteiger partial charge in [0, 0.05) is 38.8 Å². The van der Waals surface area contributed by atoms with Gasteiger partial charge in [0.15, 0.2) is 0 Å². The zero-order chi connectivity index (χ0) is 18.4. The third kappa shape index (κ3) is 4.73. The first kappa shape index (κ1) is 18.2. The summed E-state index contributed by atoms with van der Waals surface area (Å²) in [7, 11) is 0. The minimum Gasteiger partial charge on any atom is -0.492 e. The first-order chi connectivity index (χ1) is 12.7. The van der Waals surface area contributed by atoms with Crippen molar-refractivity contribution in [3.63, 3.8) is 0 Å². The summed E-state index contributed by atoms with van der Waals surface area (Å²) in [6, 6.07) is 14.3. The second-order valence-corrected chi connectivity index (χ2v) is 6.25. The van der Waals surface area contributed by atoms with Crippen LogP contribution in [0, 0.1) is 5.82 Å². The SMILES string of the molecule is CCOc1cc(F)ccc1NC(=O)N1CCN(Cc2ccccc2)CC1. The van der Waals surface area contributed by atoms with Gasteiger partial charge in [0.2, 0.25) is 0 Å². The number of halogens is 1. The van der Waals surface area contributed by atoms with Crippen LogP contribution >= 0.6 is 0 Å². The summed E-state index contributed by atoms with van der Waals surface area (Å²) in [4.78, 5) is 16.6. The van der Waals surface area contributed by atoms with Crippen molar-refractivity contribution in [2.75, 3.05) is 38.1 Å². The lowest BCUT2D eigenvalue weighted by Crippen LogP contribution is -2.49. The summed E-state index contributed by atoms with van der Waals surface area (Å²) in [5, 5.41) is 2.83. The van der Waals surface area contributed by atoms with Crippen LogP contribution in [0.2, 0.25) is 0 Å². The Morgan fingerprint density at radius 1 is 1.12 bits per heavy atom. The summed E-state index contributed by atoms with van der Waals surface area (Å²) in [5.74, 6) is -0.0375. The predicted molar refractivity (Wildman–Crippen MR) is 99.9 cm³/mol. The number of amides is 2. The first-order valence-corrected chi connectivity index (χ1v) is 8.90. The van der Waals surface area contributed by atoms with Gasteiger partial charge in [-0.05, 0) is 24.6 Å². The third-order valence-electron chi connectivity index (χ3n) is 4.39. The molecule has 0 atom stereocenters. The Kier molecular flexibility index (Phi) is 6.07. The molecule has 5 nitrogen and oxygen atoms in total. The number of piperazine rings is 1. The molecule has 0 bridgehead atoms. The van der Waals surface area contributed by atoms with Gasteiger partial charge < -0.3 is 15.0 Å². The Morgan fingerprint density at radius 3 is 2.54 bits per heavy atom. The molecule has 1 aliphatic rings. The monoisotopic (exact) mass is 357 g/mol. The van der Waals surface area contributed by atoms with Crippen LogP contribution in [0.5, 0.6) is 5.75 Å². The zero-order valence-corrected chi connectivity index (χ0v) is 15.0. The number of carbonyl (C=O) groups is 1. The third-order valence-corrected chi connectivity index (χ3v) is 4.39. The number of hydrogen-bond acceptors (Lipinski definition) is 3. The Labute approximate surface area is 153 Å². The normalized spacial score (nSPS) is 14.9. The summed E-state index contributed by atoms with van der Waals surface area (Å²) in [6.45, 7) is 6.08. The number of urea groups is 1. The fraction of sp³-hybridized carbons (Fsp3) is 0.350. The number of benzene rings is 2. The molecule has 3 rings (SSSR count). The standard InChI is InChI=1S/C20H24FN3O2/c1-2-26-19-14-17(21)8-9-18(19)22-20(25)24-12-10-23(11-13-24)15-16-6-4-3-5-7-16/h3-9,14H,2,10-13,15H2,1H3,(H,22,25). The Morgan fingerprint density at radius 2 is 1.85 bits per heavy atom. The Balaban J connectivity index is 1.54. The average molecular weight is 357 g/mol. The number of nitrogens with zero attached hydrogens (tertiary/aromatic N) is 2. The van der Waals surface area contributed by atoms with Gasteiger partial charge in [-0.2, -0.15) is 0 Å². The fourth-order valence-electron chi connectivity index (χ4n) is 3.02. The van der Waals surface area contributed by atoms with E-state index in [1.54, 1.807) is 4.90 Å². The molecule has 1 heterocycles. The van der Waals surface area contributed by atoms with E-state index in [0.717, 1.165) is 19.6 Å². The van der Waals surface area contributed by atoms with Crippen LogP contribution in [-0.4, -0.2) is 48.6 Å². The van der Waals surface area contributed by atoms with Crippen molar-refractivity contribution >= 4 is 11.7 Å². The molecule has 1 aliphatic heterocycles. The highest BCUT2D eigenvalue weighted by Crippen LogP contribution is 2.26. The van der Waals surface area contributed by atoms with Gasteiger partial charge in [0.1, 0.15) is 11.6 Å². The molecule has 138 valence electrons. The van der Waals surface area contributed by atoms with E-state index in [0.29, 0.717) is 31.1 Å². The maximum Gasteiger partial charge on any atom is 0.322 e. The van der Waals surface area contributed by atoms with Crippen LogP contribution in [0.25, 0.3) is 0 Å². The molecular weight excluding hydrogens is 333 g/mol. The molecule has 1 saturated heterocycles. The predicted octanol–water partition coefficient (Wildman–Crippen LogP) is 3.57. The van der Waals surface area contributed by atoms with Gasteiger partial charge >= 0.3 is 6.03 Å². The van der Waals surface area contributed by atoms with E-state index in [1.165, 1.54) is 23.8 Å². The van der Waals surface area contributed by atoms with Crippen LogP contribution in [0.4, 0.5) is 14.9 Å². The molecule has 26 heavy (non-hydrogen) atoms. The maximum absolute atomic E-state index is 13.4. The average Bonchev–Trinajstić information content (AvgIpc) is 2.65. The lowest BCUT2D eigenvalue weighted by molar-refractivity contribution is 0.143. The molecule has 0 aliphatic carbocycles. The lowest BCUT2D eigenvalue weighted by atomic mass is 10.2. The van der Waals surface area contributed by atoms with E-state index in [4.69, 9.17) is 4.74 Å². The van der Waals surface area contributed by atoms with Crippen LogP contribution in [-0.2, 0) is 6.54 Å². The number of ether oxygens (including phenoxy) is 1. The molecule has 0 aromatic heterocycles. The molecule has 1 N–H and O–H groups in total. The number of anilines is 1. The smallest absolute Gasteiger partial charge is 0.322 e. The molecule has 0 spiro atoms. The van der Waals surface area contributed by atoms with Crippen molar-refractivity contribution in [3.05, 3.63) is 59.9 Å². The van der Waals surface area contributed by atoms with Gasteiger partial charge in [0.05, 0.1) is 12.3 Å². The van der Waals surface area contributed by atoms with E-state index in [-0.39, 0.29) is 11.8 Å².